The van der Waals surface area contributed by atoms with Crippen LogP contribution in [0.4, 0.5) is 5.69 Å². The number of benzene rings is 18. The number of nitriles is 1. The Labute approximate surface area is 672 Å². The predicted molar refractivity (Wildman–Crippen MR) is 482 cm³/mol. The fourth-order valence-electron chi connectivity index (χ4n) is 18.5. The van der Waals surface area contributed by atoms with Crippen LogP contribution in [0.2, 0.25) is 0 Å². The molecule has 5 nitrogen and oxygen atoms in total. The van der Waals surface area contributed by atoms with Crippen molar-refractivity contribution in [2.45, 2.75) is 5.92 Å². The van der Waals surface area contributed by atoms with Gasteiger partial charge in [-0.2, -0.15) is 5.26 Å². The lowest BCUT2D eigenvalue weighted by Crippen LogP contribution is -2.07. The molecule has 0 amide bonds. The zero-order valence-electron chi connectivity index (χ0n) is 63.1. The Morgan fingerprint density at radius 1 is 0.216 bits per heavy atom. The van der Waals surface area contributed by atoms with E-state index >= 15 is 0 Å². The second kappa shape index (κ2) is 27.7. The molecule has 0 saturated carbocycles. The van der Waals surface area contributed by atoms with Crippen LogP contribution in [0, 0.1) is 17.9 Å². The van der Waals surface area contributed by atoms with Gasteiger partial charge in [0.15, 0.2) is 5.69 Å². The van der Waals surface area contributed by atoms with E-state index in [4.69, 9.17) is 4.85 Å². The van der Waals surface area contributed by atoms with Crippen molar-refractivity contribution >= 4 is 71.1 Å². The maximum atomic E-state index is 12.6. The van der Waals surface area contributed by atoms with Crippen LogP contribution in [0.15, 0.2) is 413 Å². The number of hydrogen-bond acceptors (Lipinski definition) is 1. The zero-order valence-corrected chi connectivity index (χ0v) is 63.1. The molecule has 5 heteroatoms. The normalized spacial score (nSPS) is 11.9. The molecule has 0 N–H and O–H groups in total. The summed E-state index contributed by atoms with van der Waals surface area (Å²) in [4.78, 5) is 4.78. The van der Waals surface area contributed by atoms with Crippen molar-refractivity contribution in [1.29, 1.82) is 5.26 Å². The summed E-state index contributed by atoms with van der Waals surface area (Å²) in [5, 5.41) is 19.0. The Kier molecular flexibility index (Phi) is 16.0. The molecule has 3 aromatic heterocycles. The highest BCUT2D eigenvalue weighted by Gasteiger charge is 2.35. The second-order valence-electron chi connectivity index (χ2n) is 30.4. The van der Waals surface area contributed by atoms with E-state index in [-0.39, 0.29) is 5.92 Å². The van der Waals surface area contributed by atoms with Crippen LogP contribution in [0.1, 0.15) is 28.2 Å². The standard InChI is InChI=1S/C111H69N5/c1-113-101-67-99(109(115-104-54-46-83(75-34-18-6-19-35-75)62-94(104)95-63-84(47-55-105(95)115)76-36-20-7-21-37-76)68-100(101)111-88-50-42-79(71-26-10-2-11-27-71)58-90(88)91-59-80(43-51-89(91)111)72-28-12-3-13-29-72)98-66-87(70-112)108(114-102-52-44-81(73-30-14-4-15-31-73)60-92(102)93-61-82(45-53-103(93)114)74-32-16-5-17-33-74)69-110(98)116-106-56-48-85(77-38-22-8-23-39-77)64-96(106)97-65-86(49-57-107(97)116)78-40-24-9-25-41-78/h2-69,111H. The average molecular weight is 1470 g/mol. The minimum atomic E-state index is -0.374. The van der Waals surface area contributed by atoms with Gasteiger partial charge in [-0.3, -0.25) is 0 Å². The molecule has 0 aliphatic heterocycles. The SMILES string of the molecule is [C-]#[N+]c1cc(-c2cc(C#N)c(-n3c4ccc(-c5ccccc5)cc4c4cc(-c5ccccc5)ccc43)cc2-n2c3ccc(-c4ccccc4)cc3c3cc(-c4ccccc4)ccc32)c(-n2c3ccc(-c4ccccc4)cc3c3cc(-c4ccccc4)ccc32)cc1C1c2ccc(-c3ccccc3)cc2-c2cc(-c3ccccc3)ccc21. The van der Waals surface area contributed by atoms with Gasteiger partial charge in [-0.05, 0) is 232 Å². The quantitative estimate of drug-likeness (QED) is 0.106. The van der Waals surface area contributed by atoms with E-state index in [0.29, 0.717) is 16.9 Å². The Hall–Kier alpha value is -15.7. The fraction of sp³-hybridized carbons (Fsp3) is 0.00901. The summed E-state index contributed by atoms with van der Waals surface area (Å²) in [6.45, 7) is 9.84. The van der Waals surface area contributed by atoms with Crippen molar-refractivity contribution < 1.29 is 0 Å². The second-order valence-corrected chi connectivity index (χ2v) is 30.4. The molecule has 116 heavy (non-hydrogen) atoms. The summed E-state index contributed by atoms with van der Waals surface area (Å²) in [6.07, 6.45) is 0. The highest BCUT2D eigenvalue weighted by Crippen LogP contribution is 2.55. The number of aromatic nitrogens is 3. The highest BCUT2D eigenvalue weighted by atomic mass is 15.0. The zero-order chi connectivity index (χ0) is 76.9. The van der Waals surface area contributed by atoms with Crippen molar-refractivity contribution in [3.8, 4) is 134 Å². The largest absolute Gasteiger partial charge is 0.309 e. The first-order chi connectivity index (χ1) is 57.4. The lowest BCUT2D eigenvalue weighted by molar-refractivity contribution is 1.01. The summed E-state index contributed by atoms with van der Waals surface area (Å²) in [7, 11) is 0. The number of nitrogens with zero attached hydrogens (tertiary/aromatic N) is 5. The van der Waals surface area contributed by atoms with E-state index < -0.39 is 0 Å². The van der Waals surface area contributed by atoms with E-state index in [0.717, 1.165) is 205 Å². The lowest BCUT2D eigenvalue weighted by Gasteiger charge is -2.24. The third-order valence-corrected chi connectivity index (χ3v) is 24.0. The van der Waals surface area contributed by atoms with Gasteiger partial charge >= 0.3 is 0 Å². The molecular formula is C111H69N5. The van der Waals surface area contributed by atoms with Gasteiger partial charge in [0, 0.05) is 43.8 Å². The summed E-state index contributed by atoms with van der Waals surface area (Å²) in [6, 6.07) is 152. The van der Waals surface area contributed by atoms with E-state index in [1.54, 1.807) is 0 Å². The Bertz CT molecular complexity index is 7220. The van der Waals surface area contributed by atoms with Gasteiger partial charge in [0.1, 0.15) is 6.07 Å². The molecule has 0 spiro atoms. The molecule has 22 rings (SSSR count). The molecule has 0 saturated heterocycles. The molecule has 0 unspecified atom stereocenters. The topological polar surface area (TPSA) is 42.9 Å². The van der Waals surface area contributed by atoms with Crippen molar-refractivity contribution in [3.63, 3.8) is 0 Å². The predicted octanol–water partition coefficient (Wildman–Crippen LogP) is 29.6. The van der Waals surface area contributed by atoms with Crippen LogP contribution in [0.5, 0.6) is 0 Å². The van der Waals surface area contributed by atoms with Crippen molar-refractivity contribution in [3.05, 3.63) is 446 Å². The molecular weight excluding hydrogens is 1400 g/mol. The van der Waals surface area contributed by atoms with Crippen LogP contribution in [0.25, 0.3) is 199 Å². The molecule has 0 atom stereocenters. The average Bonchev–Trinajstić information content (AvgIpc) is 1.55. The number of hydrogen-bond donors (Lipinski definition) is 0. The lowest BCUT2D eigenvalue weighted by atomic mass is 9.85. The van der Waals surface area contributed by atoms with E-state index in [2.05, 4.69) is 432 Å². The molecule has 18 aromatic carbocycles. The minimum absolute atomic E-state index is 0.374. The van der Waals surface area contributed by atoms with Gasteiger partial charge in [-0.25, -0.2) is 4.85 Å². The Morgan fingerprint density at radius 3 is 0.724 bits per heavy atom. The van der Waals surface area contributed by atoms with Crippen LogP contribution >= 0.6 is 0 Å². The minimum Gasteiger partial charge on any atom is -0.309 e. The molecule has 3 heterocycles. The van der Waals surface area contributed by atoms with Crippen molar-refractivity contribution in [2.75, 3.05) is 0 Å². The first kappa shape index (κ1) is 67.3. The maximum Gasteiger partial charge on any atom is 0.192 e. The van der Waals surface area contributed by atoms with Crippen molar-refractivity contribution in [2.24, 2.45) is 0 Å². The number of rotatable bonds is 13. The molecule has 0 fully saturated rings. The van der Waals surface area contributed by atoms with Gasteiger partial charge in [-0.15, -0.1) is 0 Å². The first-order valence-corrected chi connectivity index (χ1v) is 39.5. The third-order valence-electron chi connectivity index (χ3n) is 24.0. The molecule has 1 aliphatic carbocycles. The van der Waals surface area contributed by atoms with E-state index in [9.17, 15) is 11.8 Å². The van der Waals surface area contributed by atoms with Gasteiger partial charge in [0.25, 0.3) is 0 Å². The van der Waals surface area contributed by atoms with E-state index in [1.807, 2.05) is 0 Å². The molecule has 1 aliphatic rings. The van der Waals surface area contributed by atoms with Crippen LogP contribution < -0.4 is 0 Å². The first-order valence-electron chi connectivity index (χ1n) is 39.5. The molecule has 538 valence electrons. The smallest absolute Gasteiger partial charge is 0.192 e. The van der Waals surface area contributed by atoms with Crippen LogP contribution in [-0.2, 0) is 0 Å². The van der Waals surface area contributed by atoms with Gasteiger partial charge in [-0.1, -0.05) is 303 Å². The number of fused-ring (bicyclic) bond motifs is 12. The van der Waals surface area contributed by atoms with Crippen molar-refractivity contribution in [1.82, 2.24) is 13.7 Å². The summed E-state index contributed by atoms with van der Waals surface area (Å²) in [5.41, 5.74) is 34.0. The van der Waals surface area contributed by atoms with Crippen LogP contribution in [0.3, 0.4) is 0 Å². The summed E-state index contributed by atoms with van der Waals surface area (Å²) >= 11 is 0. The Balaban J connectivity index is 0.883. The summed E-state index contributed by atoms with van der Waals surface area (Å²) in [5.74, 6) is -0.374. The van der Waals surface area contributed by atoms with Gasteiger partial charge in [0.2, 0.25) is 0 Å². The monoisotopic (exact) mass is 1470 g/mol. The highest BCUT2D eigenvalue weighted by molar-refractivity contribution is 6.16. The van der Waals surface area contributed by atoms with Crippen LogP contribution in [-0.4, -0.2) is 13.7 Å². The molecule has 0 radical (unpaired) electrons. The summed E-state index contributed by atoms with van der Waals surface area (Å²) < 4.78 is 7.23. The molecule has 21 aromatic rings. The van der Waals surface area contributed by atoms with Gasteiger partial charge in [0.05, 0.1) is 62.3 Å². The maximum absolute atomic E-state index is 12.6. The third kappa shape index (κ3) is 11.2. The fourth-order valence-corrected chi connectivity index (χ4v) is 18.5. The van der Waals surface area contributed by atoms with Gasteiger partial charge < -0.3 is 13.7 Å². The van der Waals surface area contributed by atoms with E-state index in [1.165, 1.54) is 0 Å². The Morgan fingerprint density at radius 2 is 0.457 bits per heavy atom. The molecule has 0 bridgehead atoms.